The number of nitrogens with zero attached hydrogens (tertiary/aromatic N) is 2. The molecule has 0 bridgehead atoms. The molecule has 1 aliphatic heterocycles. The van der Waals surface area contributed by atoms with E-state index in [0.29, 0.717) is 41.4 Å². The van der Waals surface area contributed by atoms with E-state index >= 15 is 0 Å². The molecule has 6 nitrogen and oxygen atoms in total. The van der Waals surface area contributed by atoms with Crippen LogP contribution in [-0.4, -0.2) is 42.0 Å². The Balaban J connectivity index is 1.79. The number of benzene rings is 2. The van der Waals surface area contributed by atoms with Crippen molar-refractivity contribution in [1.82, 2.24) is 9.88 Å². The molecule has 0 unspecified atom stereocenters. The first kappa shape index (κ1) is 20.6. The van der Waals surface area contributed by atoms with Crippen LogP contribution in [0.15, 0.2) is 42.5 Å². The lowest BCUT2D eigenvalue weighted by molar-refractivity contribution is 0.0703. The number of halogens is 1. The fourth-order valence-corrected chi connectivity index (χ4v) is 3.82. The van der Waals surface area contributed by atoms with Crippen molar-refractivity contribution in [2.45, 2.75) is 18.9 Å². The Morgan fingerprint density at radius 3 is 2.68 bits per heavy atom. The first-order valence-corrected chi connectivity index (χ1v) is 10.0. The van der Waals surface area contributed by atoms with E-state index in [1.54, 1.807) is 18.1 Å². The molecular formula is C24H22FN4O2. The Labute approximate surface area is 180 Å². The van der Waals surface area contributed by atoms with Crippen molar-refractivity contribution in [3.05, 3.63) is 65.6 Å². The Morgan fingerprint density at radius 1 is 1.29 bits per heavy atom. The first-order valence-electron chi connectivity index (χ1n) is 10.0. The molecule has 157 valence electrons. The van der Waals surface area contributed by atoms with E-state index in [1.807, 2.05) is 30.3 Å². The van der Waals surface area contributed by atoms with Crippen molar-refractivity contribution in [3.63, 3.8) is 0 Å². The van der Waals surface area contributed by atoms with Gasteiger partial charge in [0.1, 0.15) is 23.3 Å². The highest BCUT2D eigenvalue weighted by atomic mass is 19.1. The van der Waals surface area contributed by atoms with Crippen molar-refractivity contribution < 1.29 is 13.9 Å². The third-order valence-corrected chi connectivity index (χ3v) is 5.47. The lowest BCUT2D eigenvalue weighted by Gasteiger charge is -2.30. The summed E-state index contributed by atoms with van der Waals surface area (Å²) in [6.07, 6.45) is 1.75. The van der Waals surface area contributed by atoms with Crippen LogP contribution in [0, 0.1) is 23.2 Å². The predicted octanol–water partition coefficient (Wildman–Crippen LogP) is 3.73. The summed E-state index contributed by atoms with van der Waals surface area (Å²) in [6.45, 7) is 1.13. The zero-order chi connectivity index (χ0) is 22.0. The van der Waals surface area contributed by atoms with Gasteiger partial charge in [0.25, 0.3) is 5.91 Å². The minimum atomic E-state index is -0.620. The summed E-state index contributed by atoms with van der Waals surface area (Å²) in [5, 5.41) is 9.03. The maximum absolute atomic E-state index is 14.3. The van der Waals surface area contributed by atoms with Gasteiger partial charge in [-0.15, -0.1) is 0 Å². The second kappa shape index (κ2) is 8.62. The van der Waals surface area contributed by atoms with Gasteiger partial charge in [-0.1, -0.05) is 6.07 Å². The van der Waals surface area contributed by atoms with Crippen LogP contribution in [0.2, 0.25) is 0 Å². The summed E-state index contributed by atoms with van der Waals surface area (Å²) < 4.78 is 19.5. The van der Waals surface area contributed by atoms with E-state index in [0.717, 1.165) is 18.4 Å². The van der Waals surface area contributed by atoms with E-state index in [4.69, 9.17) is 15.7 Å². The van der Waals surface area contributed by atoms with Crippen LogP contribution in [0.5, 0.6) is 5.75 Å². The van der Waals surface area contributed by atoms with Crippen LogP contribution in [0.3, 0.4) is 0 Å². The number of aromatic nitrogens is 1. The third-order valence-electron chi connectivity index (χ3n) is 5.47. The quantitative estimate of drug-likeness (QED) is 0.676. The number of aromatic amines is 1. The monoisotopic (exact) mass is 417 g/mol. The van der Waals surface area contributed by atoms with E-state index in [1.165, 1.54) is 12.1 Å². The van der Waals surface area contributed by atoms with E-state index in [9.17, 15) is 9.18 Å². The Kier molecular flexibility index (Phi) is 5.74. The molecule has 1 saturated heterocycles. The van der Waals surface area contributed by atoms with Crippen LogP contribution in [0.1, 0.15) is 28.9 Å². The zero-order valence-electron chi connectivity index (χ0n) is 17.1. The molecule has 2 heterocycles. The van der Waals surface area contributed by atoms with Crippen molar-refractivity contribution >= 4 is 5.91 Å². The second-order valence-electron chi connectivity index (χ2n) is 7.56. The summed E-state index contributed by atoms with van der Waals surface area (Å²) >= 11 is 0. The van der Waals surface area contributed by atoms with Gasteiger partial charge < -0.3 is 20.4 Å². The largest absolute Gasteiger partial charge is 0.497 e. The van der Waals surface area contributed by atoms with Crippen molar-refractivity contribution in [2.24, 2.45) is 5.73 Å². The highest BCUT2D eigenvalue weighted by Crippen LogP contribution is 2.34. The lowest BCUT2D eigenvalue weighted by Crippen LogP contribution is -2.45. The molecule has 1 fully saturated rings. The number of hydrogen-bond acceptors (Lipinski definition) is 4. The molecule has 1 aliphatic rings. The van der Waals surface area contributed by atoms with Gasteiger partial charge in [-0.3, -0.25) is 4.79 Å². The van der Waals surface area contributed by atoms with Gasteiger partial charge in [0.15, 0.2) is 0 Å². The van der Waals surface area contributed by atoms with E-state index < -0.39 is 5.82 Å². The molecule has 1 radical (unpaired) electrons. The lowest BCUT2D eigenvalue weighted by atomic mass is 10.00. The Bertz CT molecular complexity index is 1150. The molecule has 3 N–H and O–H groups in total. The molecular weight excluding hydrogens is 395 g/mol. The second-order valence-corrected chi connectivity index (χ2v) is 7.56. The molecule has 0 spiro atoms. The van der Waals surface area contributed by atoms with Gasteiger partial charge in [-0.2, -0.15) is 5.26 Å². The minimum absolute atomic E-state index is 0.0381. The Morgan fingerprint density at radius 2 is 2.03 bits per heavy atom. The third kappa shape index (κ3) is 4.16. The summed E-state index contributed by atoms with van der Waals surface area (Å²) in [6, 6.07) is 16.6. The standard InChI is InChI=1S/C24H22FN4O2/c1-31-19-8-6-15(7-9-19)23-20(16-4-5-17(13-26)21(25)11-16)12-22(28-23)24(30)29-10-2-3-18(27)14-29/h4-9,11,18,28H,2-3,10,14,27H2,1H3/t18-/m1/s1. The molecule has 31 heavy (non-hydrogen) atoms. The maximum Gasteiger partial charge on any atom is 0.271 e. The number of nitrogens with two attached hydrogens (primary N) is 1. The van der Waals surface area contributed by atoms with Gasteiger partial charge in [-0.25, -0.2) is 4.39 Å². The van der Waals surface area contributed by atoms with E-state index in [2.05, 4.69) is 11.1 Å². The number of hydrogen-bond donors (Lipinski definition) is 2. The molecule has 4 rings (SSSR count). The SMILES string of the molecule is COc1ccc(-c2[nH]c(C(=O)N3CCC[C@@H](N)C3)[c]c2-c2ccc(C#N)c(F)c2)cc1. The highest BCUT2D eigenvalue weighted by molar-refractivity contribution is 5.96. The Hall–Kier alpha value is -3.63. The topological polar surface area (TPSA) is 95.1 Å². The summed E-state index contributed by atoms with van der Waals surface area (Å²) in [5.41, 5.74) is 8.80. The number of amides is 1. The number of nitriles is 1. The molecule has 1 amide bonds. The molecule has 0 aliphatic carbocycles. The number of methoxy groups -OCH3 is 1. The van der Waals surface area contributed by atoms with Crippen LogP contribution >= 0.6 is 0 Å². The van der Waals surface area contributed by atoms with Gasteiger partial charge in [0.05, 0.1) is 18.4 Å². The van der Waals surface area contributed by atoms with Gasteiger partial charge in [0, 0.05) is 30.8 Å². The highest BCUT2D eigenvalue weighted by Gasteiger charge is 2.25. The molecule has 0 saturated carbocycles. The predicted molar refractivity (Wildman–Crippen MR) is 115 cm³/mol. The fourth-order valence-electron chi connectivity index (χ4n) is 3.82. The van der Waals surface area contributed by atoms with Gasteiger partial charge in [-0.05, 0) is 60.4 Å². The molecule has 1 atom stereocenters. The van der Waals surface area contributed by atoms with Gasteiger partial charge in [0.2, 0.25) is 0 Å². The number of ether oxygens (including phenoxy) is 1. The molecule has 3 aromatic rings. The van der Waals surface area contributed by atoms with Crippen molar-refractivity contribution in [1.29, 1.82) is 5.26 Å². The summed E-state index contributed by atoms with van der Waals surface area (Å²) in [5.74, 6) is -0.112. The molecule has 1 aromatic heterocycles. The number of carbonyl (C=O) groups is 1. The fraction of sp³-hybridized carbons (Fsp3) is 0.250. The first-order chi connectivity index (χ1) is 15.0. The number of piperidine rings is 1. The van der Waals surface area contributed by atoms with Crippen LogP contribution in [0.4, 0.5) is 4.39 Å². The summed E-state index contributed by atoms with van der Waals surface area (Å²) in [4.78, 5) is 18.0. The van der Waals surface area contributed by atoms with Crippen LogP contribution < -0.4 is 10.5 Å². The van der Waals surface area contributed by atoms with Crippen LogP contribution in [0.25, 0.3) is 22.4 Å². The number of carbonyl (C=O) groups excluding carboxylic acids is 1. The number of rotatable bonds is 4. The average molecular weight is 417 g/mol. The average Bonchev–Trinajstić information content (AvgIpc) is 3.24. The molecule has 2 aromatic carbocycles. The maximum atomic E-state index is 14.3. The smallest absolute Gasteiger partial charge is 0.271 e. The van der Waals surface area contributed by atoms with E-state index in [-0.39, 0.29) is 17.5 Å². The summed E-state index contributed by atoms with van der Waals surface area (Å²) in [7, 11) is 1.59. The number of likely N-dealkylation sites (tertiary alicyclic amines) is 1. The van der Waals surface area contributed by atoms with Crippen molar-refractivity contribution in [2.75, 3.05) is 20.2 Å². The number of H-pyrrole nitrogens is 1. The number of nitrogens with one attached hydrogen (secondary N) is 1. The van der Waals surface area contributed by atoms with Crippen molar-refractivity contribution in [3.8, 4) is 34.2 Å². The van der Waals surface area contributed by atoms with Gasteiger partial charge >= 0.3 is 0 Å². The minimum Gasteiger partial charge on any atom is -0.497 e. The van der Waals surface area contributed by atoms with Crippen LogP contribution in [-0.2, 0) is 0 Å². The normalized spacial score (nSPS) is 16.1. The molecule has 7 heteroatoms. The zero-order valence-corrected chi connectivity index (χ0v) is 17.1.